The lowest BCUT2D eigenvalue weighted by Gasteiger charge is -2.13. The largest absolute Gasteiger partial charge is 0.494 e. The summed E-state index contributed by atoms with van der Waals surface area (Å²) in [5.41, 5.74) is 4.98. The van der Waals surface area contributed by atoms with Crippen LogP contribution in [-0.4, -0.2) is 16.0 Å². The van der Waals surface area contributed by atoms with Gasteiger partial charge in [-0.15, -0.1) is 0 Å². The van der Waals surface area contributed by atoms with E-state index in [1.54, 1.807) is 0 Å². The van der Waals surface area contributed by atoms with Crippen LogP contribution in [0.3, 0.4) is 0 Å². The van der Waals surface area contributed by atoms with Crippen molar-refractivity contribution in [2.24, 2.45) is 0 Å². The van der Waals surface area contributed by atoms with E-state index >= 15 is 0 Å². The van der Waals surface area contributed by atoms with Crippen LogP contribution >= 0.6 is 0 Å². The fourth-order valence-electron chi connectivity index (χ4n) is 4.22. The highest BCUT2D eigenvalue weighted by atomic mass is 16.5. The van der Waals surface area contributed by atoms with E-state index in [0.29, 0.717) is 11.2 Å². The highest BCUT2D eigenvalue weighted by Crippen LogP contribution is 2.29. The van der Waals surface area contributed by atoms with Gasteiger partial charge in [0, 0.05) is 5.69 Å². The Labute approximate surface area is 196 Å². The van der Waals surface area contributed by atoms with Gasteiger partial charge < -0.3 is 10.1 Å². The summed E-state index contributed by atoms with van der Waals surface area (Å²) < 4.78 is 7.94. The Morgan fingerprint density at radius 3 is 2.45 bits per heavy atom. The molecule has 0 saturated heterocycles. The van der Waals surface area contributed by atoms with Crippen LogP contribution in [0, 0.1) is 18.3 Å². The van der Waals surface area contributed by atoms with Gasteiger partial charge in [0.05, 0.1) is 23.2 Å². The van der Waals surface area contributed by atoms with Gasteiger partial charge >= 0.3 is 0 Å². The van der Waals surface area contributed by atoms with Gasteiger partial charge in [-0.3, -0.25) is 4.40 Å². The Morgan fingerprint density at radius 1 is 0.970 bits per heavy atom. The fraction of sp³-hybridized carbons (Fsp3) is 0.357. The van der Waals surface area contributed by atoms with Gasteiger partial charge in [-0.05, 0) is 61.4 Å². The minimum atomic E-state index is 0.603. The summed E-state index contributed by atoms with van der Waals surface area (Å²) in [6.07, 6.45) is 8.96. The fourth-order valence-corrected chi connectivity index (χ4v) is 4.22. The number of fused-ring (bicyclic) bond motifs is 3. The number of imidazole rings is 1. The van der Waals surface area contributed by atoms with E-state index in [1.165, 1.54) is 38.5 Å². The molecule has 0 saturated carbocycles. The molecule has 0 unspecified atom stereocenters. The van der Waals surface area contributed by atoms with E-state index in [9.17, 15) is 5.26 Å². The van der Waals surface area contributed by atoms with Crippen LogP contribution in [-0.2, 0) is 0 Å². The number of unbranched alkanes of at least 4 members (excludes halogenated alkanes) is 6. The molecule has 2 aromatic carbocycles. The molecule has 0 amide bonds. The summed E-state index contributed by atoms with van der Waals surface area (Å²) in [7, 11) is 0. The molecular weight excluding hydrogens is 408 g/mol. The first-order valence-electron chi connectivity index (χ1n) is 12.0. The molecule has 0 atom stereocenters. The maximum Gasteiger partial charge on any atom is 0.157 e. The van der Waals surface area contributed by atoms with Crippen molar-refractivity contribution in [1.82, 2.24) is 9.38 Å². The van der Waals surface area contributed by atoms with E-state index in [0.717, 1.165) is 46.9 Å². The molecule has 0 aliphatic carbocycles. The number of nitrogens with one attached hydrogen (secondary N) is 1. The summed E-state index contributed by atoms with van der Waals surface area (Å²) >= 11 is 0. The Hall–Kier alpha value is -3.52. The van der Waals surface area contributed by atoms with E-state index in [1.807, 2.05) is 65.9 Å². The molecule has 2 aromatic heterocycles. The number of benzene rings is 2. The first-order valence-corrected chi connectivity index (χ1v) is 12.0. The van der Waals surface area contributed by atoms with Crippen molar-refractivity contribution in [3.63, 3.8) is 0 Å². The third-order valence-corrected chi connectivity index (χ3v) is 6.03. The van der Waals surface area contributed by atoms with Gasteiger partial charge in [0.25, 0.3) is 0 Å². The topological polar surface area (TPSA) is 62.3 Å². The standard InChI is InChI=1S/C28H32N4O/c1-3-4-5-6-7-8-11-18-33-23-16-14-22(15-17-23)30-27-19-21(2)24(20-29)28-31-25-12-9-10-13-26(25)32(27)28/h9-10,12-17,19,30H,3-8,11,18H2,1-2H3. The molecule has 0 fully saturated rings. The van der Waals surface area contributed by atoms with Crippen LogP contribution in [0.15, 0.2) is 54.6 Å². The van der Waals surface area contributed by atoms with E-state index in [-0.39, 0.29) is 0 Å². The molecular formula is C28H32N4O. The molecule has 170 valence electrons. The van der Waals surface area contributed by atoms with Crippen molar-refractivity contribution in [3.8, 4) is 11.8 Å². The molecule has 0 bridgehead atoms. The zero-order chi connectivity index (χ0) is 23.0. The van der Waals surface area contributed by atoms with E-state index < -0.39 is 0 Å². The molecule has 0 radical (unpaired) electrons. The summed E-state index contributed by atoms with van der Waals surface area (Å²) in [4.78, 5) is 4.71. The van der Waals surface area contributed by atoms with Crippen molar-refractivity contribution in [2.75, 3.05) is 11.9 Å². The number of hydrogen-bond donors (Lipinski definition) is 1. The first kappa shape index (κ1) is 22.7. The molecule has 0 aliphatic rings. The summed E-state index contributed by atoms with van der Waals surface area (Å²) in [5, 5.41) is 13.2. The maximum absolute atomic E-state index is 9.67. The normalized spacial score (nSPS) is 11.1. The summed E-state index contributed by atoms with van der Waals surface area (Å²) in [6, 6.07) is 20.3. The number of pyridine rings is 1. The van der Waals surface area contributed by atoms with Crippen molar-refractivity contribution < 1.29 is 4.74 Å². The lowest BCUT2D eigenvalue weighted by molar-refractivity contribution is 0.304. The molecule has 5 nitrogen and oxygen atoms in total. The molecule has 33 heavy (non-hydrogen) atoms. The second kappa shape index (κ2) is 10.9. The molecule has 4 rings (SSSR count). The predicted octanol–water partition coefficient (Wildman–Crippen LogP) is 7.54. The Balaban J connectivity index is 1.43. The summed E-state index contributed by atoms with van der Waals surface area (Å²) in [5.74, 6) is 1.77. The van der Waals surface area contributed by atoms with Gasteiger partial charge in [-0.25, -0.2) is 4.98 Å². The van der Waals surface area contributed by atoms with Gasteiger partial charge in [-0.2, -0.15) is 5.26 Å². The van der Waals surface area contributed by atoms with Crippen LogP contribution < -0.4 is 10.1 Å². The van der Waals surface area contributed by atoms with Crippen molar-refractivity contribution >= 4 is 28.2 Å². The second-order valence-corrected chi connectivity index (χ2v) is 8.58. The van der Waals surface area contributed by atoms with Gasteiger partial charge in [-0.1, -0.05) is 57.6 Å². The van der Waals surface area contributed by atoms with Crippen molar-refractivity contribution in [3.05, 3.63) is 65.7 Å². The van der Waals surface area contributed by atoms with Crippen LogP contribution in [0.25, 0.3) is 16.7 Å². The quantitative estimate of drug-likeness (QED) is 0.245. The SMILES string of the molecule is CCCCCCCCCOc1ccc(Nc2cc(C)c(C#N)c3nc4ccccc4n23)cc1. The number of hydrogen-bond acceptors (Lipinski definition) is 4. The maximum atomic E-state index is 9.67. The predicted molar refractivity (Wildman–Crippen MR) is 135 cm³/mol. The molecule has 4 aromatic rings. The monoisotopic (exact) mass is 440 g/mol. The van der Waals surface area contributed by atoms with E-state index in [2.05, 4.69) is 18.3 Å². The van der Waals surface area contributed by atoms with Gasteiger partial charge in [0.1, 0.15) is 17.6 Å². The molecule has 5 heteroatoms. The molecule has 1 N–H and O–H groups in total. The number of nitrogens with zero attached hydrogens (tertiary/aromatic N) is 3. The molecule has 0 aliphatic heterocycles. The number of ether oxygens (including phenoxy) is 1. The van der Waals surface area contributed by atoms with Crippen LogP contribution in [0.5, 0.6) is 5.75 Å². The minimum Gasteiger partial charge on any atom is -0.494 e. The first-order chi connectivity index (χ1) is 16.2. The Bertz CT molecular complexity index is 1250. The highest BCUT2D eigenvalue weighted by Gasteiger charge is 2.15. The highest BCUT2D eigenvalue weighted by molar-refractivity contribution is 5.85. The Kier molecular flexibility index (Phi) is 7.47. The smallest absolute Gasteiger partial charge is 0.157 e. The van der Waals surface area contributed by atoms with Crippen LogP contribution in [0.1, 0.15) is 63.0 Å². The van der Waals surface area contributed by atoms with Gasteiger partial charge in [0.15, 0.2) is 5.65 Å². The summed E-state index contributed by atoms with van der Waals surface area (Å²) in [6.45, 7) is 4.96. The average molecular weight is 441 g/mol. The molecule has 2 heterocycles. The lowest BCUT2D eigenvalue weighted by atomic mass is 10.1. The number of anilines is 2. The minimum absolute atomic E-state index is 0.603. The number of rotatable bonds is 11. The van der Waals surface area contributed by atoms with Gasteiger partial charge in [0.2, 0.25) is 0 Å². The Morgan fingerprint density at radius 2 is 1.70 bits per heavy atom. The lowest BCUT2D eigenvalue weighted by Crippen LogP contribution is -2.02. The number of aryl methyl sites for hydroxylation is 1. The number of aromatic nitrogens is 2. The van der Waals surface area contributed by atoms with Crippen LogP contribution in [0.2, 0.25) is 0 Å². The van der Waals surface area contributed by atoms with E-state index in [4.69, 9.17) is 9.72 Å². The van der Waals surface area contributed by atoms with Crippen molar-refractivity contribution in [1.29, 1.82) is 5.26 Å². The number of nitriles is 1. The zero-order valence-corrected chi connectivity index (χ0v) is 19.6. The van der Waals surface area contributed by atoms with Crippen molar-refractivity contribution in [2.45, 2.75) is 58.8 Å². The molecule has 0 spiro atoms. The third-order valence-electron chi connectivity index (χ3n) is 6.03. The number of para-hydroxylation sites is 2. The average Bonchev–Trinajstić information content (AvgIpc) is 3.21. The zero-order valence-electron chi connectivity index (χ0n) is 19.6. The second-order valence-electron chi connectivity index (χ2n) is 8.58. The third kappa shape index (κ3) is 5.28. The van der Waals surface area contributed by atoms with Crippen LogP contribution in [0.4, 0.5) is 11.5 Å².